The van der Waals surface area contributed by atoms with Gasteiger partial charge in [-0.15, -0.1) is 0 Å². The van der Waals surface area contributed by atoms with E-state index in [0.717, 1.165) is 0 Å². The van der Waals surface area contributed by atoms with Gasteiger partial charge in [-0.1, -0.05) is 12.1 Å². The Balaban J connectivity index is 2.60. The SMILES string of the molecule is C[C@@H](N)C(=O)OC(=O)[C@@H](N)[C@@H](C)OC(=O)[C@@H](N)[C@@H](C)OC(=O)[C@@H](N)Cc1ccc(OC(=O)[C@@H](N)[C@@H](C)O)cc1. The van der Waals surface area contributed by atoms with Crippen LogP contribution in [0.1, 0.15) is 33.3 Å². The maximum atomic E-state index is 12.4. The Hall–Kier alpha value is -3.47. The highest BCUT2D eigenvalue weighted by Crippen LogP contribution is 2.15. The molecule has 0 aliphatic heterocycles. The lowest BCUT2D eigenvalue weighted by Gasteiger charge is -2.24. The van der Waals surface area contributed by atoms with Crippen LogP contribution in [0.5, 0.6) is 5.75 Å². The molecule has 0 heterocycles. The van der Waals surface area contributed by atoms with Crippen LogP contribution in [0.2, 0.25) is 0 Å². The summed E-state index contributed by atoms with van der Waals surface area (Å²) in [6.45, 7) is 5.30. The van der Waals surface area contributed by atoms with E-state index in [0.29, 0.717) is 5.56 Å². The lowest BCUT2D eigenvalue weighted by Crippen LogP contribution is -2.50. The fraction of sp³-hybridized carbons (Fsp3) is 0.542. The van der Waals surface area contributed by atoms with Crippen molar-refractivity contribution in [2.75, 3.05) is 0 Å². The summed E-state index contributed by atoms with van der Waals surface area (Å²) in [5.74, 6) is -4.66. The van der Waals surface area contributed by atoms with Crippen LogP contribution in [0, 0.1) is 0 Å². The van der Waals surface area contributed by atoms with Gasteiger partial charge < -0.3 is 52.7 Å². The van der Waals surface area contributed by atoms with Crippen LogP contribution in [0.4, 0.5) is 0 Å². The Bertz CT molecular complexity index is 1020. The molecule has 39 heavy (non-hydrogen) atoms. The van der Waals surface area contributed by atoms with E-state index in [2.05, 4.69) is 4.74 Å². The molecule has 8 atom stereocenters. The zero-order valence-electron chi connectivity index (χ0n) is 22.1. The molecule has 0 unspecified atom stereocenters. The van der Waals surface area contributed by atoms with Crippen LogP contribution in [0.15, 0.2) is 24.3 Å². The van der Waals surface area contributed by atoms with Gasteiger partial charge in [-0.05, 0) is 51.8 Å². The first kappa shape index (κ1) is 33.6. The molecule has 15 nitrogen and oxygen atoms in total. The second-order valence-corrected chi connectivity index (χ2v) is 9.01. The molecule has 0 aliphatic rings. The highest BCUT2D eigenvalue weighted by Gasteiger charge is 2.33. The number of aliphatic hydroxyl groups is 1. The van der Waals surface area contributed by atoms with E-state index in [-0.39, 0.29) is 12.2 Å². The fourth-order valence-corrected chi connectivity index (χ4v) is 2.73. The molecular weight excluding hydrogens is 518 g/mol. The van der Waals surface area contributed by atoms with Gasteiger partial charge in [0, 0.05) is 0 Å². The number of carbonyl (C=O) groups excluding carboxylic acids is 5. The number of ether oxygens (including phenoxy) is 4. The van der Waals surface area contributed by atoms with Gasteiger partial charge in [-0.2, -0.15) is 0 Å². The second-order valence-electron chi connectivity index (χ2n) is 9.01. The minimum absolute atomic E-state index is 0.0424. The highest BCUT2D eigenvalue weighted by molar-refractivity contribution is 5.91. The average molecular weight is 556 g/mol. The minimum atomic E-state index is -1.50. The first-order valence-corrected chi connectivity index (χ1v) is 12.0. The number of hydrogen-bond acceptors (Lipinski definition) is 15. The number of aliphatic hydroxyl groups excluding tert-OH is 1. The smallest absolute Gasteiger partial charge is 0.334 e. The third kappa shape index (κ3) is 10.7. The topological polar surface area (TPSA) is 273 Å². The first-order valence-electron chi connectivity index (χ1n) is 12.0. The molecule has 1 rings (SSSR count). The van der Waals surface area contributed by atoms with Crippen LogP contribution in [0.25, 0.3) is 0 Å². The van der Waals surface area contributed by atoms with Crippen LogP contribution in [0.3, 0.4) is 0 Å². The molecule has 0 aromatic heterocycles. The number of esters is 5. The van der Waals surface area contributed by atoms with Crippen molar-refractivity contribution in [1.29, 1.82) is 0 Å². The van der Waals surface area contributed by atoms with Crippen molar-refractivity contribution in [3.8, 4) is 5.75 Å². The fourth-order valence-electron chi connectivity index (χ4n) is 2.73. The summed E-state index contributed by atoms with van der Waals surface area (Å²) in [7, 11) is 0. The zero-order valence-corrected chi connectivity index (χ0v) is 22.1. The van der Waals surface area contributed by atoms with Crippen molar-refractivity contribution in [2.45, 2.75) is 82.6 Å². The van der Waals surface area contributed by atoms with Crippen LogP contribution >= 0.6 is 0 Å². The summed E-state index contributed by atoms with van der Waals surface area (Å²) >= 11 is 0. The first-order chi connectivity index (χ1) is 18.0. The average Bonchev–Trinajstić information content (AvgIpc) is 2.87. The van der Waals surface area contributed by atoms with Crippen molar-refractivity contribution in [3.63, 3.8) is 0 Å². The molecule has 0 bridgehead atoms. The number of hydrogen-bond donors (Lipinski definition) is 6. The highest BCUT2D eigenvalue weighted by atomic mass is 16.6. The zero-order chi connectivity index (χ0) is 30.0. The Morgan fingerprint density at radius 2 is 1.18 bits per heavy atom. The molecular formula is C24H37N5O10. The minimum Gasteiger partial charge on any atom is -0.459 e. The van der Waals surface area contributed by atoms with Crippen molar-refractivity contribution in [3.05, 3.63) is 29.8 Å². The van der Waals surface area contributed by atoms with Gasteiger partial charge in [0.05, 0.1) is 6.10 Å². The van der Waals surface area contributed by atoms with Crippen molar-refractivity contribution in [1.82, 2.24) is 0 Å². The summed E-state index contributed by atoms with van der Waals surface area (Å²) in [5, 5.41) is 9.36. The normalized spacial score (nSPS) is 17.3. The molecule has 0 spiro atoms. The quantitative estimate of drug-likeness (QED) is 0.0616. The summed E-state index contributed by atoms with van der Waals surface area (Å²) in [6.07, 6.45) is -3.43. The Morgan fingerprint density at radius 3 is 1.67 bits per heavy atom. The van der Waals surface area contributed by atoms with Crippen molar-refractivity contribution in [2.24, 2.45) is 28.7 Å². The van der Waals surface area contributed by atoms with Crippen molar-refractivity contribution < 1.29 is 48.0 Å². The molecule has 11 N–H and O–H groups in total. The lowest BCUT2D eigenvalue weighted by molar-refractivity contribution is -0.166. The van der Waals surface area contributed by atoms with Gasteiger partial charge in [0.15, 0.2) is 0 Å². The van der Waals surface area contributed by atoms with Gasteiger partial charge in [-0.25, -0.2) is 14.4 Å². The van der Waals surface area contributed by atoms with E-state index in [1.165, 1.54) is 39.8 Å². The molecule has 15 heteroatoms. The summed E-state index contributed by atoms with van der Waals surface area (Å²) in [5.41, 5.74) is 28.8. The van der Waals surface area contributed by atoms with E-state index < -0.39 is 78.4 Å². The predicted molar refractivity (Wildman–Crippen MR) is 135 cm³/mol. The molecule has 0 saturated carbocycles. The molecule has 0 amide bonds. The van der Waals surface area contributed by atoms with Gasteiger partial charge in [0.1, 0.15) is 48.2 Å². The monoisotopic (exact) mass is 555 g/mol. The molecule has 0 fully saturated rings. The Kier molecular flexibility index (Phi) is 13.1. The standard InChI is InChI=1S/C24H37N5O10/c1-10(25)20(31)39-24(35)19(29)13(4)37-23(34)18(28)12(3)36-21(32)16(26)9-14-5-7-15(8-6-14)38-22(33)17(27)11(2)30/h5-8,10-13,16-19,30H,9,25-29H2,1-4H3/t10-,11-,12-,13-,16+,17+,18+,19+/m1/s1. The molecule has 218 valence electrons. The lowest BCUT2D eigenvalue weighted by atomic mass is 10.1. The van der Waals surface area contributed by atoms with Crippen LogP contribution < -0.4 is 33.4 Å². The number of rotatable bonds is 13. The van der Waals surface area contributed by atoms with Gasteiger partial charge >= 0.3 is 29.8 Å². The molecule has 0 aliphatic carbocycles. The van der Waals surface area contributed by atoms with Gasteiger partial charge in [0.25, 0.3) is 0 Å². The maximum Gasteiger partial charge on any atom is 0.334 e. The summed E-state index contributed by atoms with van der Waals surface area (Å²) in [4.78, 5) is 59.9. The third-order valence-electron chi connectivity index (χ3n) is 5.42. The second kappa shape index (κ2) is 15.2. The van der Waals surface area contributed by atoms with Crippen LogP contribution in [-0.4, -0.2) is 83.5 Å². The predicted octanol–water partition coefficient (Wildman–Crippen LogP) is -2.90. The van der Waals surface area contributed by atoms with E-state index in [9.17, 15) is 29.1 Å². The van der Waals surface area contributed by atoms with E-state index >= 15 is 0 Å². The molecule has 1 aromatic rings. The Labute approximate surface area is 225 Å². The van der Waals surface area contributed by atoms with Gasteiger partial charge in [-0.3, -0.25) is 9.59 Å². The third-order valence-corrected chi connectivity index (χ3v) is 5.42. The van der Waals surface area contributed by atoms with E-state index in [1.807, 2.05) is 0 Å². The molecule has 0 saturated heterocycles. The summed E-state index contributed by atoms with van der Waals surface area (Å²) < 4.78 is 19.8. The number of carbonyl (C=O) groups is 5. The van der Waals surface area contributed by atoms with Crippen LogP contribution in [-0.2, 0) is 44.6 Å². The summed E-state index contributed by atoms with van der Waals surface area (Å²) in [6, 6.07) is -0.283. The van der Waals surface area contributed by atoms with E-state index in [1.54, 1.807) is 12.1 Å². The number of nitrogens with two attached hydrogens (primary N) is 5. The number of benzene rings is 1. The Morgan fingerprint density at radius 1 is 0.692 bits per heavy atom. The molecule has 1 aromatic carbocycles. The molecule has 0 radical (unpaired) electrons. The van der Waals surface area contributed by atoms with E-state index in [4.69, 9.17) is 42.9 Å². The van der Waals surface area contributed by atoms with Gasteiger partial charge in [0.2, 0.25) is 0 Å². The maximum absolute atomic E-state index is 12.4. The van der Waals surface area contributed by atoms with Crippen molar-refractivity contribution >= 4 is 29.8 Å². The largest absolute Gasteiger partial charge is 0.459 e.